The molecular formula is C20H20F4O4S2. The average Bonchev–Trinajstić information content (AvgIpc) is 2.67. The van der Waals surface area contributed by atoms with Crippen LogP contribution >= 0.6 is 0 Å². The lowest BCUT2D eigenvalue weighted by molar-refractivity contribution is -0.137. The van der Waals surface area contributed by atoms with Crippen molar-refractivity contribution in [2.24, 2.45) is 0 Å². The molecule has 3 rings (SSSR count). The van der Waals surface area contributed by atoms with Crippen molar-refractivity contribution in [3.8, 4) is 0 Å². The highest BCUT2D eigenvalue weighted by atomic mass is 32.2. The zero-order valence-electron chi connectivity index (χ0n) is 16.2. The number of sulfone groups is 1. The normalized spacial score (nSPS) is 23.9. The van der Waals surface area contributed by atoms with E-state index in [2.05, 4.69) is 0 Å². The van der Waals surface area contributed by atoms with Gasteiger partial charge in [-0.3, -0.25) is 4.21 Å². The summed E-state index contributed by atoms with van der Waals surface area (Å²) in [6.07, 6.45) is -4.24. The molecule has 30 heavy (non-hydrogen) atoms. The Bertz CT molecular complexity index is 1080. The topological polar surface area (TPSA) is 60.4 Å². The third-order valence-electron chi connectivity index (χ3n) is 5.34. The molecule has 0 saturated carbocycles. The second-order valence-corrected chi connectivity index (χ2v) is 11.3. The Hall–Kier alpha value is -1.78. The smallest absolute Gasteiger partial charge is 0.373 e. The predicted molar refractivity (Wildman–Crippen MR) is 104 cm³/mol. The molecule has 4 nitrogen and oxygen atoms in total. The summed E-state index contributed by atoms with van der Waals surface area (Å²) in [5.41, 5.74) is -0.931. The van der Waals surface area contributed by atoms with E-state index in [-0.39, 0.29) is 29.9 Å². The molecule has 0 spiro atoms. The summed E-state index contributed by atoms with van der Waals surface area (Å²) in [5.74, 6) is -0.673. The van der Waals surface area contributed by atoms with Gasteiger partial charge in [0.15, 0.2) is 9.84 Å². The lowest BCUT2D eigenvalue weighted by atomic mass is 9.92. The number of hydrogen-bond donors (Lipinski definition) is 0. The van der Waals surface area contributed by atoms with Gasteiger partial charge in [-0.05, 0) is 50.1 Å². The Labute approximate surface area is 174 Å². The van der Waals surface area contributed by atoms with E-state index in [1.807, 2.05) is 0 Å². The first kappa shape index (κ1) is 22.9. The summed E-state index contributed by atoms with van der Waals surface area (Å²) in [6.45, 7) is 1.44. The zero-order valence-corrected chi connectivity index (χ0v) is 17.8. The van der Waals surface area contributed by atoms with E-state index < -0.39 is 53.9 Å². The molecule has 0 N–H and O–H groups in total. The Balaban J connectivity index is 1.96. The van der Waals surface area contributed by atoms with Gasteiger partial charge in [0.1, 0.15) is 5.82 Å². The maximum Gasteiger partial charge on any atom is 0.416 e. The van der Waals surface area contributed by atoms with Crippen LogP contribution in [0.5, 0.6) is 0 Å². The first-order valence-corrected chi connectivity index (χ1v) is 12.1. The van der Waals surface area contributed by atoms with Crippen LogP contribution < -0.4 is 0 Å². The number of hydrogen-bond acceptors (Lipinski definition) is 4. The molecule has 0 aromatic heterocycles. The highest BCUT2D eigenvalue weighted by Crippen LogP contribution is 2.43. The summed E-state index contributed by atoms with van der Waals surface area (Å²) in [4.78, 5) is -0.149. The average molecular weight is 465 g/mol. The largest absolute Gasteiger partial charge is 0.416 e. The van der Waals surface area contributed by atoms with Gasteiger partial charge in [-0.1, -0.05) is 12.1 Å². The van der Waals surface area contributed by atoms with Gasteiger partial charge in [0.25, 0.3) is 0 Å². The van der Waals surface area contributed by atoms with Gasteiger partial charge in [0.2, 0.25) is 0 Å². The molecule has 0 bridgehead atoms. The second kappa shape index (κ2) is 8.05. The third kappa shape index (κ3) is 4.31. The van der Waals surface area contributed by atoms with Crippen molar-refractivity contribution in [2.75, 3.05) is 12.9 Å². The van der Waals surface area contributed by atoms with E-state index in [4.69, 9.17) is 4.74 Å². The molecule has 3 atom stereocenters. The van der Waals surface area contributed by atoms with E-state index in [0.29, 0.717) is 6.07 Å². The van der Waals surface area contributed by atoms with Crippen LogP contribution in [-0.4, -0.2) is 30.2 Å². The minimum Gasteiger partial charge on any atom is -0.373 e. The Kier molecular flexibility index (Phi) is 6.14. The minimum atomic E-state index is -4.67. The van der Waals surface area contributed by atoms with Crippen molar-refractivity contribution in [2.45, 2.75) is 46.6 Å². The van der Waals surface area contributed by atoms with Crippen LogP contribution in [0.15, 0.2) is 52.3 Å². The van der Waals surface area contributed by atoms with Gasteiger partial charge in [0, 0.05) is 34.1 Å². The first-order chi connectivity index (χ1) is 13.8. The van der Waals surface area contributed by atoms with Gasteiger partial charge < -0.3 is 4.74 Å². The van der Waals surface area contributed by atoms with Gasteiger partial charge in [-0.15, -0.1) is 0 Å². The number of alkyl halides is 3. The van der Waals surface area contributed by atoms with Crippen molar-refractivity contribution in [3.63, 3.8) is 0 Å². The molecule has 1 aliphatic heterocycles. The molecule has 2 aromatic carbocycles. The fourth-order valence-electron chi connectivity index (χ4n) is 3.49. The summed E-state index contributed by atoms with van der Waals surface area (Å²) < 4.78 is 95.8. The molecular weight excluding hydrogens is 444 g/mol. The van der Waals surface area contributed by atoms with Crippen LogP contribution in [0.1, 0.15) is 37.0 Å². The van der Waals surface area contributed by atoms with Crippen molar-refractivity contribution in [1.82, 2.24) is 0 Å². The summed E-state index contributed by atoms with van der Waals surface area (Å²) >= 11 is 0. The molecule has 2 aromatic rings. The predicted octanol–water partition coefficient (Wildman–Crippen LogP) is 4.67. The SMILES string of the molecule is CS(=O)c1ccc(C2CC(C)(S(=O)(=O)c3cccc(C(F)(F)F)c3)CCO2)c(F)c1. The van der Waals surface area contributed by atoms with Gasteiger partial charge >= 0.3 is 6.18 Å². The van der Waals surface area contributed by atoms with E-state index in [0.717, 1.165) is 24.3 Å². The molecule has 0 radical (unpaired) electrons. The summed E-state index contributed by atoms with van der Waals surface area (Å²) in [6, 6.07) is 7.61. The molecule has 1 aliphatic rings. The maximum atomic E-state index is 14.6. The van der Waals surface area contributed by atoms with E-state index in [9.17, 15) is 30.2 Å². The Morgan fingerprint density at radius 3 is 2.47 bits per heavy atom. The number of halogens is 4. The van der Waals surface area contributed by atoms with Crippen LogP contribution in [0, 0.1) is 5.82 Å². The lowest BCUT2D eigenvalue weighted by Gasteiger charge is -2.38. The van der Waals surface area contributed by atoms with Crippen LogP contribution in [0.25, 0.3) is 0 Å². The molecule has 3 unspecified atom stereocenters. The maximum absolute atomic E-state index is 14.6. The number of rotatable bonds is 4. The molecule has 0 aliphatic carbocycles. The summed E-state index contributed by atoms with van der Waals surface area (Å²) in [5, 5.41) is 0. The van der Waals surface area contributed by atoms with Crippen molar-refractivity contribution in [1.29, 1.82) is 0 Å². The molecule has 0 amide bonds. The van der Waals surface area contributed by atoms with Gasteiger partial charge in [0.05, 0.1) is 21.3 Å². The minimum absolute atomic E-state index is 0.000256. The second-order valence-electron chi connectivity index (χ2n) is 7.43. The Morgan fingerprint density at radius 2 is 1.87 bits per heavy atom. The fourth-order valence-corrected chi connectivity index (χ4v) is 5.85. The van der Waals surface area contributed by atoms with Crippen LogP contribution in [0.2, 0.25) is 0 Å². The fraction of sp³-hybridized carbons (Fsp3) is 0.400. The van der Waals surface area contributed by atoms with E-state index in [1.165, 1.54) is 25.3 Å². The van der Waals surface area contributed by atoms with Gasteiger partial charge in [-0.25, -0.2) is 12.8 Å². The zero-order chi connectivity index (χ0) is 22.3. The van der Waals surface area contributed by atoms with Crippen molar-refractivity contribution < 1.29 is 34.9 Å². The lowest BCUT2D eigenvalue weighted by Crippen LogP contribution is -2.42. The molecule has 164 valence electrons. The van der Waals surface area contributed by atoms with Crippen LogP contribution in [0.4, 0.5) is 17.6 Å². The quantitative estimate of drug-likeness (QED) is 0.618. The number of ether oxygens (including phenoxy) is 1. The van der Waals surface area contributed by atoms with Crippen LogP contribution in [-0.2, 0) is 31.5 Å². The monoisotopic (exact) mass is 464 g/mol. The molecule has 10 heteroatoms. The Morgan fingerprint density at radius 1 is 1.17 bits per heavy atom. The number of benzene rings is 2. The highest BCUT2D eigenvalue weighted by molar-refractivity contribution is 7.92. The summed E-state index contributed by atoms with van der Waals surface area (Å²) in [7, 11) is -5.56. The molecule has 1 fully saturated rings. The standard InChI is InChI=1S/C20H20F4O4S2/c1-19(30(26,27)15-5-3-4-13(10-15)20(22,23)24)8-9-28-18(12-19)16-7-6-14(29(2)25)11-17(16)21/h3-7,10-11,18H,8-9,12H2,1-2H3. The van der Waals surface area contributed by atoms with Gasteiger partial charge in [-0.2, -0.15) is 13.2 Å². The van der Waals surface area contributed by atoms with Crippen LogP contribution in [0.3, 0.4) is 0 Å². The van der Waals surface area contributed by atoms with E-state index in [1.54, 1.807) is 0 Å². The molecule has 1 saturated heterocycles. The highest BCUT2D eigenvalue weighted by Gasteiger charge is 2.46. The van der Waals surface area contributed by atoms with Crippen molar-refractivity contribution in [3.05, 3.63) is 59.4 Å². The first-order valence-electron chi connectivity index (χ1n) is 9.01. The molecule has 1 heterocycles. The van der Waals surface area contributed by atoms with Crippen molar-refractivity contribution >= 4 is 20.6 Å². The van der Waals surface area contributed by atoms with E-state index >= 15 is 0 Å². The third-order valence-corrected chi connectivity index (χ3v) is 8.80.